The molecule has 2 atom stereocenters. The van der Waals surface area contributed by atoms with E-state index in [0.717, 1.165) is 5.56 Å². The first-order valence-corrected chi connectivity index (χ1v) is 9.55. The summed E-state index contributed by atoms with van der Waals surface area (Å²) < 4.78 is 10.0. The minimum Gasteiger partial charge on any atom is -0.468 e. The molecule has 0 radical (unpaired) electrons. The maximum Gasteiger partial charge on any atom is 0.412 e. The monoisotopic (exact) mass is 404 g/mol. The zero-order valence-electron chi connectivity index (χ0n) is 16.8. The second-order valence-corrected chi connectivity index (χ2v) is 7.25. The maximum absolute atomic E-state index is 12.5. The number of amides is 2. The molecule has 3 N–H and O–H groups in total. The van der Waals surface area contributed by atoms with Gasteiger partial charge in [-0.15, -0.1) is 0 Å². The molecule has 1 aromatic rings. The van der Waals surface area contributed by atoms with Crippen molar-refractivity contribution < 1.29 is 29.0 Å². The Morgan fingerprint density at radius 2 is 1.93 bits per heavy atom. The summed E-state index contributed by atoms with van der Waals surface area (Å²) in [5.74, 6) is -0.719. The molecular weight excluding hydrogens is 376 g/mol. The predicted octanol–water partition coefficient (Wildman–Crippen LogP) is 2.52. The fourth-order valence-corrected chi connectivity index (χ4v) is 3.07. The number of aliphatic hydroxyl groups excluding tert-OH is 1. The van der Waals surface area contributed by atoms with Crippen LogP contribution in [0.4, 0.5) is 10.5 Å². The first-order valence-electron chi connectivity index (χ1n) is 9.55. The number of nitrogens with one attached hydrogen (secondary N) is 2. The van der Waals surface area contributed by atoms with Gasteiger partial charge in [-0.25, -0.2) is 4.79 Å². The second-order valence-electron chi connectivity index (χ2n) is 7.25. The fourth-order valence-electron chi connectivity index (χ4n) is 3.07. The maximum atomic E-state index is 12.5. The van der Waals surface area contributed by atoms with Gasteiger partial charge in [-0.1, -0.05) is 25.1 Å². The van der Waals surface area contributed by atoms with Gasteiger partial charge in [-0.05, 0) is 49.5 Å². The van der Waals surface area contributed by atoms with Crippen LogP contribution in [-0.2, 0) is 25.7 Å². The van der Waals surface area contributed by atoms with Crippen molar-refractivity contribution in [1.29, 1.82) is 0 Å². The number of anilines is 1. The second kappa shape index (κ2) is 10.6. The Balaban J connectivity index is 1.90. The predicted molar refractivity (Wildman–Crippen MR) is 107 cm³/mol. The lowest BCUT2D eigenvalue weighted by Crippen LogP contribution is -2.42. The van der Waals surface area contributed by atoms with Crippen LogP contribution in [0.3, 0.4) is 0 Å². The molecule has 8 nitrogen and oxygen atoms in total. The molecule has 2 amide bonds. The molecule has 0 unspecified atom stereocenters. The minimum absolute atomic E-state index is 0.0659. The van der Waals surface area contributed by atoms with Crippen LogP contribution in [0.2, 0.25) is 0 Å². The molecule has 8 heteroatoms. The van der Waals surface area contributed by atoms with Crippen molar-refractivity contribution in [2.45, 2.75) is 45.3 Å². The van der Waals surface area contributed by atoms with E-state index in [1.165, 1.54) is 7.11 Å². The van der Waals surface area contributed by atoms with E-state index >= 15 is 0 Å². The first kappa shape index (κ1) is 22.4. The average molecular weight is 404 g/mol. The Morgan fingerprint density at radius 3 is 2.59 bits per heavy atom. The Morgan fingerprint density at radius 1 is 1.21 bits per heavy atom. The summed E-state index contributed by atoms with van der Waals surface area (Å²) in [6.45, 7) is 1.61. The number of allylic oxidation sites excluding steroid dienone is 1. The highest BCUT2D eigenvalue weighted by molar-refractivity contribution is 5.86. The van der Waals surface area contributed by atoms with E-state index in [0.29, 0.717) is 31.4 Å². The molecule has 1 aliphatic carbocycles. The summed E-state index contributed by atoms with van der Waals surface area (Å²) in [6, 6.07) is 6.79. The molecule has 0 saturated carbocycles. The van der Waals surface area contributed by atoms with Gasteiger partial charge < -0.3 is 19.9 Å². The van der Waals surface area contributed by atoms with Crippen molar-refractivity contribution in [3.63, 3.8) is 0 Å². The summed E-state index contributed by atoms with van der Waals surface area (Å²) in [5, 5.41) is 14.3. The number of esters is 1. The number of aliphatic hydroxyl groups is 1. The Bertz CT molecular complexity index is 746. The molecule has 158 valence electrons. The van der Waals surface area contributed by atoms with Crippen LogP contribution in [0.1, 0.15) is 38.2 Å². The molecule has 0 aromatic heterocycles. The van der Waals surface area contributed by atoms with E-state index in [9.17, 15) is 14.4 Å². The standard InChI is InChI=1S/C21H28N2O6/c1-21(19(26)22-13-18(25)28-2)11-4-3-5-17(10-12-21)29-20(27)23-16-8-6-15(14-24)7-9-16/h3,5-9,17,24H,4,10-14H2,1-2H3,(H,22,26)(H,23,27)/b5-3+/t17-,21+/m0/s1. The molecule has 0 heterocycles. The molecule has 0 fully saturated rings. The third kappa shape index (κ3) is 6.90. The lowest BCUT2D eigenvalue weighted by Gasteiger charge is -2.30. The highest BCUT2D eigenvalue weighted by Gasteiger charge is 2.34. The zero-order valence-corrected chi connectivity index (χ0v) is 16.8. The normalized spacial score (nSPS) is 22.5. The lowest BCUT2D eigenvalue weighted by molar-refractivity contribution is -0.142. The van der Waals surface area contributed by atoms with Gasteiger partial charge in [0.05, 0.1) is 13.7 Å². The molecule has 0 bridgehead atoms. The highest BCUT2D eigenvalue weighted by atomic mass is 16.6. The summed E-state index contributed by atoms with van der Waals surface area (Å²) >= 11 is 0. The SMILES string of the molecule is COC(=O)CNC(=O)[C@]1(C)CC/C=C/[C@H](OC(=O)Nc2ccc(CO)cc2)CC1. The number of methoxy groups -OCH3 is 1. The number of hydrogen-bond acceptors (Lipinski definition) is 6. The highest BCUT2D eigenvalue weighted by Crippen LogP contribution is 2.33. The molecule has 1 aromatic carbocycles. The van der Waals surface area contributed by atoms with E-state index in [2.05, 4.69) is 15.4 Å². The zero-order chi connectivity index (χ0) is 21.3. The molecule has 2 rings (SSSR count). The van der Waals surface area contributed by atoms with Gasteiger partial charge in [0, 0.05) is 11.1 Å². The largest absolute Gasteiger partial charge is 0.468 e. The number of rotatable bonds is 6. The van der Waals surface area contributed by atoms with Crippen LogP contribution >= 0.6 is 0 Å². The van der Waals surface area contributed by atoms with Crippen molar-refractivity contribution in [3.8, 4) is 0 Å². The van der Waals surface area contributed by atoms with Gasteiger partial charge in [0.1, 0.15) is 12.6 Å². The lowest BCUT2D eigenvalue weighted by atomic mass is 9.78. The Labute approximate surface area is 170 Å². The summed E-state index contributed by atoms with van der Waals surface area (Å²) in [7, 11) is 1.27. The van der Waals surface area contributed by atoms with Crippen molar-refractivity contribution in [2.24, 2.45) is 5.41 Å². The van der Waals surface area contributed by atoms with Crippen molar-refractivity contribution in [2.75, 3.05) is 19.0 Å². The third-order valence-corrected chi connectivity index (χ3v) is 5.00. The quantitative estimate of drug-likeness (QED) is 0.496. The number of carbonyl (C=O) groups is 3. The van der Waals surface area contributed by atoms with Gasteiger partial charge in [0.2, 0.25) is 5.91 Å². The summed E-state index contributed by atoms with van der Waals surface area (Å²) in [5.41, 5.74) is 0.641. The van der Waals surface area contributed by atoms with Gasteiger partial charge in [0.15, 0.2) is 0 Å². The first-order chi connectivity index (χ1) is 13.9. The van der Waals surface area contributed by atoms with Crippen LogP contribution in [0.15, 0.2) is 36.4 Å². The summed E-state index contributed by atoms with van der Waals surface area (Å²) in [6.07, 6.45) is 4.97. The Kier molecular flexibility index (Phi) is 8.21. The van der Waals surface area contributed by atoms with Gasteiger partial charge in [-0.2, -0.15) is 0 Å². The van der Waals surface area contributed by atoms with Crippen LogP contribution in [0.25, 0.3) is 0 Å². The number of benzene rings is 1. The van der Waals surface area contributed by atoms with Crippen LogP contribution in [-0.4, -0.2) is 42.8 Å². The van der Waals surface area contributed by atoms with Crippen LogP contribution < -0.4 is 10.6 Å². The van der Waals surface area contributed by atoms with E-state index < -0.39 is 23.6 Å². The fraction of sp³-hybridized carbons (Fsp3) is 0.476. The van der Waals surface area contributed by atoms with Crippen LogP contribution in [0.5, 0.6) is 0 Å². The van der Waals surface area contributed by atoms with E-state index in [-0.39, 0.29) is 19.1 Å². The van der Waals surface area contributed by atoms with E-state index in [1.807, 2.05) is 19.1 Å². The topological polar surface area (TPSA) is 114 Å². The van der Waals surface area contributed by atoms with E-state index in [1.54, 1.807) is 24.3 Å². The number of ether oxygens (including phenoxy) is 2. The third-order valence-electron chi connectivity index (χ3n) is 5.00. The molecular formula is C21H28N2O6. The molecule has 0 spiro atoms. The van der Waals surface area contributed by atoms with Crippen LogP contribution in [0, 0.1) is 5.41 Å². The number of hydrogen-bond donors (Lipinski definition) is 3. The molecule has 0 saturated heterocycles. The van der Waals surface area contributed by atoms with Crippen molar-refractivity contribution in [1.82, 2.24) is 5.32 Å². The van der Waals surface area contributed by atoms with Crippen molar-refractivity contribution in [3.05, 3.63) is 42.0 Å². The van der Waals surface area contributed by atoms with Gasteiger partial charge in [-0.3, -0.25) is 14.9 Å². The van der Waals surface area contributed by atoms with Gasteiger partial charge in [0.25, 0.3) is 0 Å². The molecule has 1 aliphatic rings. The average Bonchev–Trinajstić information content (AvgIpc) is 2.71. The number of carbonyl (C=O) groups excluding carboxylic acids is 3. The molecule has 29 heavy (non-hydrogen) atoms. The van der Waals surface area contributed by atoms with E-state index in [4.69, 9.17) is 9.84 Å². The summed E-state index contributed by atoms with van der Waals surface area (Å²) in [4.78, 5) is 36.0. The molecule has 0 aliphatic heterocycles. The van der Waals surface area contributed by atoms with Gasteiger partial charge >= 0.3 is 12.1 Å². The van der Waals surface area contributed by atoms with Crippen molar-refractivity contribution >= 4 is 23.7 Å². The Hall–Kier alpha value is -2.87. The smallest absolute Gasteiger partial charge is 0.412 e. The minimum atomic E-state index is -0.670.